The molecule has 0 radical (unpaired) electrons. The zero-order chi connectivity index (χ0) is 12.0. The Morgan fingerprint density at radius 2 is 1.69 bits per heavy atom. The Kier molecular flexibility index (Phi) is 5.98. The number of halogens is 2. The van der Waals surface area contributed by atoms with Crippen molar-refractivity contribution in [2.45, 2.75) is 13.3 Å². The van der Waals surface area contributed by atoms with Crippen molar-refractivity contribution in [3.05, 3.63) is 21.7 Å². The van der Waals surface area contributed by atoms with Crippen LogP contribution in [0, 0.1) is 6.92 Å². The molecule has 0 aliphatic heterocycles. The third kappa shape index (κ3) is 4.22. The average molecular weight is 265 g/mol. The van der Waals surface area contributed by atoms with Gasteiger partial charge in [0.2, 0.25) is 0 Å². The van der Waals surface area contributed by atoms with Crippen molar-refractivity contribution in [2.24, 2.45) is 0 Å². The molecule has 0 bridgehead atoms. The molecular weight excluding hydrogens is 251 g/mol. The van der Waals surface area contributed by atoms with Gasteiger partial charge in [0.25, 0.3) is 0 Å². The third-order valence-electron chi connectivity index (χ3n) is 1.98. The Labute approximate surface area is 105 Å². The molecule has 0 saturated heterocycles. The number of ether oxygens (including phenoxy) is 2. The van der Waals surface area contributed by atoms with Crippen LogP contribution < -0.4 is 0 Å². The van der Waals surface area contributed by atoms with E-state index >= 15 is 0 Å². The van der Waals surface area contributed by atoms with Gasteiger partial charge in [-0.2, -0.15) is 0 Å². The molecule has 0 aliphatic rings. The van der Waals surface area contributed by atoms with Gasteiger partial charge in [-0.3, -0.25) is 0 Å². The van der Waals surface area contributed by atoms with Gasteiger partial charge < -0.3 is 9.47 Å². The van der Waals surface area contributed by atoms with E-state index in [1.54, 1.807) is 14.0 Å². The van der Waals surface area contributed by atoms with Crippen molar-refractivity contribution in [1.29, 1.82) is 0 Å². The van der Waals surface area contributed by atoms with E-state index in [-0.39, 0.29) is 0 Å². The predicted molar refractivity (Wildman–Crippen MR) is 63.2 cm³/mol. The van der Waals surface area contributed by atoms with E-state index in [0.29, 0.717) is 47.9 Å². The van der Waals surface area contributed by atoms with Crippen LogP contribution in [0.15, 0.2) is 0 Å². The van der Waals surface area contributed by atoms with Crippen molar-refractivity contribution in [2.75, 3.05) is 26.9 Å². The topological polar surface area (TPSA) is 44.2 Å². The van der Waals surface area contributed by atoms with Crippen LogP contribution in [-0.2, 0) is 15.9 Å². The first-order chi connectivity index (χ1) is 7.65. The molecule has 1 aromatic rings. The largest absolute Gasteiger partial charge is 0.382 e. The van der Waals surface area contributed by atoms with Crippen LogP contribution in [0.2, 0.25) is 10.3 Å². The van der Waals surface area contributed by atoms with Gasteiger partial charge in [-0.1, -0.05) is 23.2 Å². The smallest absolute Gasteiger partial charge is 0.137 e. The van der Waals surface area contributed by atoms with Crippen molar-refractivity contribution in [3.8, 4) is 0 Å². The highest BCUT2D eigenvalue weighted by molar-refractivity contribution is 6.34. The highest BCUT2D eigenvalue weighted by atomic mass is 35.5. The number of nitrogens with zero attached hydrogens (tertiary/aromatic N) is 2. The Balaban J connectivity index is 2.43. The standard InChI is InChI=1S/C10H14Cl2N2O2/c1-7-9(11)13-8(14-10(7)12)3-4-16-6-5-15-2/h3-6H2,1-2H3. The maximum absolute atomic E-state index is 5.89. The lowest BCUT2D eigenvalue weighted by molar-refractivity contribution is 0.0716. The van der Waals surface area contributed by atoms with Gasteiger partial charge in [0.1, 0.15) is 16.1 Å². The summed E-state index contributed by atoms with van der Waals surface area (Å²) in [5, 5.41) is 0.791. The molecule has 0 amide bonds. The number of hydrogen-bond acceptors (Lipinski definition) is 4. The summed E-state index contributed by atoms with van der Waals surface area (Å²) in [5.41, 5.74) is 0.701. The molecule has 0 unspecified atom stereocenters. The first-order valence-electron chi connectivity index (χ1n) is 4.90. The number of rotatable bonds is 6. The number of aromatic nitrogens is 2. The van der Waals surface area contributed by atoms with Gasteiger partial charge in [-0.15, -0.1) is 0 Å². The highest BCUT2D eigenvalue weighted by Crippen LogP contribution is 2.19. The lowest BCUT2D eigenvalue weighted by Crippen LogP contribution is -2.07. The van der Waals surface area contributed by atoms with Crippen LogP contribution in [0.3, 0.4) is 0 Å². The molecule has 6 heteroatoms. The Bertz CT molecular complexity index is 325. The summed E-state index contributed by atoms with van der Waals surface area (Å²) in [5.74, 6) is 0.595. The zero-order valence-electron chi connectivity index (χ0n) is 9.30. The minimum Gasteiger partial charge on any atom is -0.382 e. The summed E-state index contributed by atoms with van der Waals surface area (Å²) in [6.45, 7) is 3.45. The van der Waals surface area contributed by atoms with Gasteiger partial charge in [0, 0.05) is 19.1 Å². The fraction of sp³-hybridized carbons (Fsp3) is 0.600. The Morgan fingerprint density at radius 1 is 1.06 bits per heavy atom. The van der Waals surface area contributed by atoms with E-state index in [1.807, 2.05) is 0 Å². The molecule has 1 rings (SSSR count). The van der Waals surface area contributed by atoms with Gasteiger partial charge in [-0.25, -0.2) is 9.97 Å². The molecule has 1 heterocycles. The minimum absolute atomic E-state index is 0.395. The van der Waals surface area contributed by atoms with Crippen molar-refractivity contribution < 1.29 is 9.47 Å². The Morgan fingerprint density at radius 3 is 2.25 bits per heavy atom. The van der Waals surface area contributed by atoms with Crippen LogP contribution in [0.4, 0.5) is 0 Å². The molecule has 0 aromatic carbocycles. The molecule has 0 atom stereocenters. The molecule has 90 valence electrons. The normalized spacial score (nSPS) is 10.8. The predicted octanol–water partition coefficient (Wildman–Crippen LogP) is 2.30. The molecular formula is C10H14Cl2N2O2. The summed E-state index contributed by atoms with van der Waals surface area (Å²) in [4.78, 5) is 8.22. The summed E-state index contributed by atoms with van der Waals surface area (Å²) >= 11 is 11.8. The highest BCUT2D eigenvalue weighted by Gasteiger charge is 2.07. The fourth-order valence-corrected chi connectivity index (χ4v) is 1.45. The number of hydrogen-bond donors (Lipinski definition) is 0. The Hall–Kier alpha value is -0.420. The van der Waals surface area contributed by atoms with E-state index in [1.165, 1.54) is 0 Å². The minimum atomic E-state index is 0.395. The van der Waals surface area contributed by atoms with E-state index in [4.69, 9.17) is 32.7 Å². The molecule has 4 nitrogen and oxygen atoms in total. The zero-order valence-corrected chi connectivity index (χ0v) is 10.8. The molecule has 0 spiro atoms. The molecule has 0 aliphatic carbocycles. The van der Waals surface area contributed by atoms with Crippen LogP contribution in [0.5, 0.6) is 0 Å². The van der Waals surface area contributed by atoms with Gasteiger partial charge >= 0.3 is 0 Å². The second-order valence-electron chi connectivity index (χ2n) is 3.20. The summed E-state index contributed by atoms with van der Waals surface area (Å²) in [6, 6.07) is 0. The third-order valence-corrected chi connectivity index (χ3v) is 2.71. The fourth-order valence-electron chi connectivity index (χ4n) is 1.02. The first kappa shape index (κ1) is 13.6. The summed E-state index contributed by atoms with van der Waals surface area (Å²) in [6.07, 6.45) is 0.587. The summed E-state index contributed by atoms with van der Waals surface area (Å²) in [7, 11) is 1.63. The number of methoxy groups -OCH3 is 1. The molecule has 1 aromatic heterocycles. The van der Waals surface area contributed by atoms with Crippen molar-refractivity contribution in [3.63, 3.8) is 0 Å². The van der Waals surface area contributed by atoms with E-state index in [2.05, 4.69) is 9.97 Å². The van der Waals surface area contributed by atoms with Crippen LogP contribution in [0.1, 0.15) is 11.4 Å². The second kappa shape index (κ2) is 7.01. The molecule has 0 saturated carbocycles. The second-order valence-corrected chi connectivity index (χ2v) is 3.92. The lowest BCUT2D eigenvalue weighted by atomic mass is 10.3. The van der Waals surface area contributed by atoms with E-state index < -0.39 is 0 Å². The van der Waals surface area contributed by atoms with Gasteiger partial charge in [0.05, 0.1) is 19.8 Å². The van der Waals surface area contributed by atoms with E-state index in [9.17, 15) is 0 Å². The average Bonchev–Trinajstić information content (AvgIpc) is 2.25. The molecule has 16 heavy (non-hydrogen) atoms. The SMILES string of the molecule is COCCOCCc1nc(Cl)c(C)c(Cl)n1. The molecule has 0 N–H and O–H groups in total. The van der Waals surface area contributed by atoms with Crippen LogP contribution in [-0.4, -0.2) is 36.9 Å². The summed E-state index contributed by atoms with van der Waals surface area (Å²) < 4.78 is 10.1. The van der Waals surface area contributed by atoms with Crippen LogP contribution in [0.25, 0.3) is 0 Å². The lowest BCUT2D eigenvalue weighted by Gasteiger charge is -2.05. The van der Waals surface area contributed by atoms with Gasteiger partial charge in [-0.05, 0) is 6.92 Å². The maximum atomic E-state index is 5.89. The first-order valence-corrected chi connectivity index (χ1v) is 5.66. The van der Waals surface area contributed by atoms with Gasteiger partial charge in [0.15, 0.2) is 0 Å². The molecule has 0 fully saturated rings. The monoisotopic (exact) mass is 264 g/mol. The quantitative estimate of drug-likeness (QED) is 0.584. The van der Waals surface area contributed by atoms with Crippen molar-refractivity contribution >= 4 is 23.2 Å². The van der Waals surface area contributed by atoms with E-state index in [0.717, 1.165) is 0 Å². The van der Waals surface area contributed by atoms with Crippen LogP contribution >= 0.6 is 23.2 Å². The maximum Gasteiger partial charge on any atom is 0.137 e. The van der Waals surface area contributed by atoms with Crippen molar-refractivity contribution in [1.82, 2.24) is 9.97 Å².